The lowest BCUT2D eigenvalue weighted by Crippen LogP contribution is -2.23. The Hall–Kier alpha value is -2.94. The van der Waals surface area contributed by atoms with Crippen LogP contribution in [0.5, 0.6) is 0 Å². The highest BCUT2D eigenvalue weighted by molar-refractivity contribution is 5.99. The summed E-state index contributed by atoms with van der Waals surface area (Å²) in [6, 6.07) is 21.7. The van der Waals surface area contributed by atoms with Gasteiger partial charge in [-0.15, -0.1) is 0 Å². The molecule has 0 spiro atoms. The van der Waals surface area contributed by atoms with Crippen molar-refractivity contribution in [2.75, 3.05) is 5.32 Å². The average Bonchev–Trinajstić information content (AvgIpc) is 2.60. The Labute approximate surface area is 148 Å². The third-order valence-electron chi connectivity index (χ3n) is 4.30. The van der Waals surface area contributed by atoms with Crippen LogP contribution in [0.3, 0.4) is 0 Å². The number of benzene rings is 2. The van der Waals surface area contributed by atoms with Gasteiger partial charge < -0.3 is 5.32 Å². The molecule has 0 aliphatic heterocycles. The van der Waals surface area contributed by atoms with E-state index in [0.717, 1.165) is 33.8 Å². The van der Waals surface area contributed by atoms with Crippen molar-refractivity contribution in [1.29, 1.82) is 0 Å². The van der Waals surface area contributed by atoms with Gasteiger partial charge in [0, 0.05) is 5.69 Å². The fraction of sp³-hybridized carbons (Fsp3) is 0.182. The fourth-order valence-corrected chi connectivity index (χ4v) is 3.19. The van der Waals surface area contributed by atoms with E-state index < -0.39 is 0 Å². The summed E-state index contributed by atoms with van der Waals surface area (Å²) in [6.45, 7) is 5.88. The number of nitrogens with one attached hydrogen (secondary N) is 1. The number of aryl methyl sites for hydroxylation is 3. The van der Waals surface area contributed by atoms with Crippen molar-refractivity contribution in [1.82, 2.24) is 4.98 Å². The number of pyridine rings is 1. The number of amides is 1. The SMILES string of the molecule is Cc1cc(C)c(NC(=O)C(c2ccccc2)c2ccccc2)c(C)n1. The van der Waals surface area contributed by atoms with E-state index in [-0.39, 0.29) is 11.8 Å². The first-order valence-electron chi connectivity index (χ1n) is 8.42. The van der Waals surface area contributed by atoms with Crippen LogP contribution in [0.15, 0.2) is 66.7 Å². The van der Waals surface area contributed by atoms with E-state index in [1.54, 1.807) is 0 Å². The molecule has 3 rings (SSSR count). The van der Waals surface area contributed by atoms with Crippen LogP contribution < -0.4 is 5.32 Å². The third kappa shape index (κ3) is 3.77. The zero-order valence-electron chi connectivity index (χ0n) is 14.8. The van der Waals surface area contributed by atoms with Crippen molar-refractivity contribution in [3.05, 3.63) is 94.8 Å². The van der Waals surface area contributed by atoms with Crippen molar-refractivity contribution in [3.8, 4) is 0 Å². The number of anilines is 1. The lowest BCUT2D eigenvalue weighted by atomic mass is 9.90. The van der Waals surface area contributed by atoms with E-state index in [4.69, 9.17) is 0 Å². The second-order valence-electron chi connectivity index (χ2n) is 6.28. The summed E-state index contributed by atoms with van der Waals surface area (Å²) < 4.78 is 0. The van der Waals surface area contributed by atoms with Crippen LogP contribution in [-0.2, 0) is 4.79 Å². The van der Waals surface area contributed by atoms with Crippen molar-refractivity contribution in [2.45, 2.75) is 26.7 Å². The maximum atomic E-state index is 13.2. The van der Waals surface area contributed by atoms with Crippen LogP contribution in [0.1, 0.15) is 34.0 Å². The van der Waals surface area contributed by atoms with Crippen LogP contribution in [0.4, 0.5) is 5.69 Å². The Morgan fingerprint density at radius 3 is 1.88 bits per heavy atom. The Morgan fingerprint density at radius 2 is 1.40 bits per heavy atom. The van der Waals surface area contributed by atoms with Crippen LogP contribution in [0.2, 0.25) is 0 Å². The minimum atomic E-state index is -0.359. The molecule has 3 aromatic rings. The highest BCUT2D eigenvalue weighted by Gasteiger charge is 2.23. The molecule has 0 aliphatic carbocycles. The van der Waals surface area contributed by atoms with Gasteiger partial charge in [-0.1, -0.05) is 60.7 Å². The molecular weight excluding hydrogens is 308 g/mol. The van der Waals surface area contributed by atoms with E-state index in [1.165, 1.54) is 0 Å². The van der Waals surface area contributed by atoms with Gasteiger partial charge in [0.15, 0.2) is 0 Å². The number of rotatable bonds is 4. The summed E-state index contributed by atoms with van der Waals surface area (Å²) in [5.41, 5.74) is 5.57. The Bertz CT molecular complexity index is 811. The molecule has 3 heteroatoms. The van der Waals surface area contributed by atoms with Gasteiger partial charge in [-0.3, -0.25) is 9.78 Å². The van der Waals surface area contributed by atoms with Gasteiger partial charge in [-0.05, 0) is 43.5 Å². The van der Waals surface area contributed by atoms with E-state index in [0.29, 0.717) is 0 Å². The first kappa shape index (κ1) is 16.9. The molecule has 1 heterocycles. The summed E-state index contributed by atoms with van der Waals surface area (Å²) in [5, 5.41) is 3.10. The highest BCUT2D eigenvalue weighted by Crippen LogP contribution is 2.28. The molecule has 1 amide bonds. The quantitative estimate of drug-likeness (QED) is 0.748. The molecule has 0 saturated carbocycles. The standard InChI is InChI=1S/C22H22N2O/c1-15-14-16(2)23-17(3)21(15)24-22(25)20(18-10-6-4-7-11-18)19-12-8-5-9-13-19/h4-14,20H,1-3H3,(H,24,25). The van der Waals surface area contributed by atoms with Gasteiger partial charge in [0.1, 0.15) is 0 Å². The van der Waals surface area contributed by atoms with Crippen molar-refractivity contribution in [3.63, 3.8) is 0 Å². The molecule has 0 atom stereocenters. The van der Waals surface area contributed by atoms with Crippen molar-refractivity contribution < 1.29 is 4.79 Å². The topological polar surface area (TPSA) is 42.0 Å². The minimum Gasteiger partial charge on any atom is -0.323 e. The van der Waals surface area contributed by atoms with E-state index >= 15 is 0 Å². The molecule has 0 radical (unpaired) electrons. The van der Waals surface area contributed by atoms with Crippen LogP contribution in [0, 0.1) is 20.8 Å². The summed E-state index contributed by atoms with van der Waals surface area (Å²) in [7, 11) is 0. The zero-order valence-corrected chi connectivity index (χ0v) is 14.8. The molecule has 0 fully saturated rings. The van der Waals surface area contributed by atoms with Gasteiger partial charge in [0.2, 0.25) is 5.91 Å². The highest BCUT2D eigenvalue weighted by atomic mass is 16.1. The van der Waals surface area contributed by atoms with E-state index in [1.807, 2.05) is 87.5 Å². The molecule has 2 aromatic carbocycles. The van der Waals surface area contributed by atoms with Crippen molar-refractivity contribution >= 4 is 11.6 Å². The second kappa shape index (κ2) is 7.31. The number of nitrogens with zero attached hydrogens (tertiary/aromatic N) is 1. The molecule has 0 aliphatic rings. The number of carbonyl (C=O) groups is 1. The molecule has 1 aromatic heterocycles. The Balaban J connectivity index is 1.99. The van der Waals surface area contributed by atoms with Gasteiger partial charge >= 0.3 is 0 Å². The van der Waals surface area contributed by atoms with Crippen molar-refractivity contribution in [2.24, 2.45) is 0 Å². The maximum Gasteiger partial charge on any atom is 0.236 e. The molecule has 126 valence electrons. The first-order chi connectivity index (χ1) is 12.1. The van der Waals surface area contributed by atoms with Gasteiger partial charge in [-0.25, -0.2) is 0 Å². The van der Waals surface area contributed by atoms with Gasteiger partial charge in [0.25, 0.3) is 0 Å². The van der Waals surface area contributed by atoms with Crippen LogP contribution in [0.25, 0.3) is 0 Å². The number of hydrogen-bond donors (Lipinski definition) is 1. The average molecular weight is 330 g/mol. The van der Waals surface area contributed by atoms with Crippen LogP contribution in [-0.4, -0.2) is 10.9 Å². The Morgan fingerprint density at radius 1 is 0.880 bits per heavy atom. The predicted molar refractivity (Wildman–Crippen MR) is 102 cm³/mol. The fourth-order valence-electron chi connectivity index (χ4n) is 3.19. The van der Waals surface area contributed by atoms with Gasteiger partial charge in [-0.2, -0.15) is 0 Å². The lowest BCUT2D eigenvalue weighted by Gasteiger charge is -2.19. The monoisotopic (exact) mass is 330 g/mol. The molecular formula is C22H22N2O. The predicted octanol–water partition coefficient (Wildman–Crippen LogP) is 4.78. The maximum absolute atomic E-state index is 13.2. The number of hydrogen-bond acceptors (Lipinski definition) is 2. The molecule has 3 nitrogen and oxygen atoms in total. The summed E-state index contributed by atoms with van der Waals surface area (Å²) in [4.78, 5) is 17.6. The normalized spacial score (nSPS) is 10.7. The molecule has 25 heavy (non-hydrogen) atoms. The molecule has 0 bridgehead atoms. The number of aromatic nitrogens is 1. The zero-order chi connectivity index (χ0) is 17.8. The van der Waals surface area contributed by atoms with E-state index in [2.05, 4.69) is 10.3 Å². The summed E-state index contributed by atoms with van der Waals surface area (Å²) in [6.07, 6.45) is 0. The summed E-state index contributed by atoms with van der Waals surface area (Å²) >= 11 is 0. The third-order valence-corrected chi connectivity index (χ3v) is 4.30. The van der Waals surface area contributed by atoms with E-state index in [9.17, 15) is 4.79 Å². The lowest BCUT2D eigenvalue weighted by molar-refractivity contribution is -0.116. The molecule has 1 N–H and O–H groups in total. The second-order valence-corrected chi connectivity index (χ2v) is 6.28. The smallest absolute Gasteiger partial charge is 0.236 e. The summed E-state index contributed by atoms with van der Waals surface area (Å²) in [5.74, 6) is -0.406. The number of carbonyl (C=O) groups excluding carboxylic acids is 1. The van der Waals surface area contributed by atoms with Crippen LogP contribution >= 0.6 is 0 Å². The molecule has 0 saturated heterocycles. The molecule has 0 unspecified atom stereocenters. The first-order valence-corrected chi connectivity index (χ1v) is 8.42. The van der Waals surface area contributed by atoms with Gasteiger partial charge in [0.05, 0.1) is 17.3 Å². The largest absolute Gasteiger partial charge is 0.323 e. The Kier molecular flexibility index (Phi) is 4.94. The minimum absolute atomic E-state index is 0.0470.